The minimum absolute atomic E-state index is 0.120. The van der Waals surface area contributed by atoms with Gasteiger partial charge < -0.3 is 9.64 Å². The summed E-state index contributed by atoms with van der Waals surface area (Å²) in [5, 5.41) is 0. The number of anilines is 1. The second kappa shape index (κ2) is 11.5. The molecule has 4 heteroatoms. The van der Waals surface area contributed by atoms with E-state index < -0.39 is 5.41 Å². The van der Waals surface area contributed by atoms with Gasteiger partial charge in [0.2, 0.25) is 0 Å². The molecule has 1 saturated heterocycles. The molecule has 35 heavy (non-hydrogen) atoms. The van der Waals surface area contributed by atoms with Crippen LogP contribution in [-0.2, 0) is 14.9 Å². The summed E-state index contributed by atoms with van der Waals surface area (Å²) in [7, 11) is 0. The number of hydrogen-bond donors (Lipinski definition) is 0. The molecule has 0 aromatic heterocycles. The van der Waals surface area contributed by atoms with Gasteiger partial charge in [0.05, 0.1) is 12.0 Å². The molecule has 0 N–H and O–H groups in total. The highest BCUT2D eigenvalue weighted by atomic mass is 16.5. The second-order valence-electron chi connectivity index (χ2n) is 9.76. The van der Waals surface area contributed by atoms with Crippen molar-refractivity contribution in [3.05, 3.63) is 90.0 Å². The molecule has 0 radical (unpaired) electrons. The summed E-state index contributed by atoms with van der Waals surface area (Å²) in [6.07, 6.45) is 1.76. The first-order valence-corrected chi connectivity index (χ1v) is 12.9. The lowest BCUT2D eigenvalue weighted by Crippen LogP contribution is -2.47. The average molecular weight is 471 g/mol. The van der Waals surface area contributed by atoms with Crippen molar-refractivity contribution in [3.8, 4) is 11.1 Å². The van der Waals surface area contributed by atoms with Gasteiger partial charge in [0.1, 0.15) is 0 Å². The van der Waals surface area contributed by atoms with Gasteiger partial charge in [0, 0.05) is 31.9 Å². The SMILES string of the molecule is CCOC(=O)C(C)(CCCN1CCN(c2ccc(-c3ccc(C)cc3)cc2)CC1)c1ccccc1. The van der Waals surface area contributed by atoms with Crippen molar-refractivity contribution in [2.75, 3.05) is 44.2 Å². The number of carbonyl (C=O) groups is 1. The molecule has 1 atom stereocenters. The number of carbonyl (C=O) groups excluding carboxylic acids is 1. The third-order valence-electron chi connectivity index (χ3n) is 7.28. The van der Waals surface area contributed by atoms with Crippen LogP contribution in [0.5, 0.6) is 0 Å². The lowest BCUT2D eigenvalue weighted by atomic mass is 9.78. The number of aryl methyl sites for hydroxylation is 1. The van der Waals surface area contributed by atoms with Crippen LogP contribution in [-0.4, -0.2) is 50.2 Å². The van der Waals surface area contributed by atoms with Crippen molar-refractivity contribution in [2.45, 2.75) is 39.0 Å². The van der Waals surface area contributed by atoms with E-state index in [2.05, 4.69) is 65.3 Å². The second-order valence-corrected chi connectivity index (χ2v) is 9.76. The highest BCUT2D eigenvalue weighted by Crippen LogP contribution is 2.31. The molecule has 3 aromatic carbocycles. The minimum Gasteiger partial charge on any atom is -0.465 e. The maximum atomic E-state index is 12.8. The van der Waals surface area contributed by atoms with E-state index in [9.17, 15) is 4.79 Å². The van der Waals surface area contributed by atoms with Gasteiger partial charge in [0.25, 0.3) is 0 Å². The van der Waals surface area contributed by atoms with E-state index in [-0.39, 0.29) is 5.97 Å². The van der Waals surface area contributed by atoms with Gasteiger partial charge in [-0.15, -0.1) is 0 Å². The summed E-state index contributed by atoms with van der Waals surface area (Å²) in [5.74, 6) is -0.120. The molecule has 0 bridgehead atoms. The van der Waals surface area contributed by atoms with Gasteiger partial charge in [-0.05, 0) is 69.0 Å². The molecule has 1 fully saturated rings. The Labute approximate surface area is 210 Å². The van der Waals surface area contributed by atoms with Gasteiger partial charge >= 0.3 is 5.97 Å². The first-order valence-electron chi connectivity index (χ1n) is 12.9. The van der Waals surface area contributed by atoms with Crippen LogP contribution in [0.4, 0.5) is 5.69 Å². The fraction of sp³-hybridized carbons (Fsp3) is 0.387. The predicted molar refractivity (Wildman–Crippen MR) is 145 cm³/mol. The Balaban J connectivity index is 1.29. The Morgan fingerprint density at radius 3 is 2.06 bits per heavy atom. The molecule has 0 amide bonds. The van der Waals surface area contributed by atoms with Crippen molar-refractivity contribution in [1.82, 2.24) is 4.90 Å². The van der Waals surface area contributed by atoms with Crippen molar-refractivity contribution in [3.63, 3.8) is 0 Å². The molecule has 184 valence electrons. The number of rotatable bonds is 9. The van der Waals surface area contributed by atoms with Gasteiger partial charge in [-0.25, -0.2) is 0 Å². The summed E-state index contributed by atoms with van der Waals surface area (Å²) in [6.45, 7) is 11.6. The fourth-order valence-corrected chi connectivity index (χ4v) is 4.96. The van der Waals surface area contributed by atoms with Crippen LogP contribution in [0.3, 0.4) is 0 Å². The van der Waals surface area contributed by atoms with Crippen LogP contribution in [0.2, 0.25) is 0 Å². The Hall–Kier alpha value is -3.11. The summed E-state index contributed by atoms with van der Waals surface area (Å²) >= 11 is 0. The Morgan fingerprint density at radius 2 is 1.46 bits per heavy atom. The van der Waals surface area contributed by atoms with Crippen LogP contribution in [0.15, 0.2) is 78.9 Å². The zero-order chi connectivity index (χ0) is 24.7. The highest BCUT2D eigenvalue weighted by Gasteiger charge is 2.36. The smallest absolute Gasteiger partial charge is 0.316 e. The average Bonchev–Trinajstić information content (AvgIpc) is 2.90. The molecule has 1 unspecified atom stereocenters. The van der Waals surface area contributed by atoms with Crippen LogP contribution in [0, 0.1) is 6.92 Å². The molecule has 4 nitrogen and oxygen atoms in total. The number of benzene rings is 3. The van der Waals surface area contributed by atoms with E-state index in [1.54, 1.807) is 0 Å². The standard InChI is InChI=1S/C31H38N2O2/c1-4-35-30(34)31(3,28-9-6-5-7-10-28)19-8-20-32-21-23-33(24-22-32)29-17-15-27(16-18-29)26-13-11-25(2)12-14-26/h5-7,9-18H,4,8,19-24H2,1-3H3. The number of esters is 1. The molecule has 1 aliphatic rings. The Kier molecular flexibility index (Phi) is 8.25. The lowest BCUT2D eigenvalue weighted by molar-refractivity contribution is -0.149. The van der Waals surface area contributed by atoms with E-state index in [4.69, 9.17) is 4.74 Å². The topological polar surface area (TPSA) is 32.8 Å². The summed E-state index contributed by atoms with van der Waals surface area (Å²) in [5.41, 5.74) is 5.54. The predicted octanol–water partition coefficient (Wildman–Crippen LogP) is 6.09. The van der Waals surface area contributed by atoms with Crippen molar-refractivity contribution >= 4 is 11.7 Å². The summed E-state index contributed by atoms with van der Waals surface area (Å²) < 4.78 is 5.45. The fourth-order valence-electron chi connectivity index (χ4n) is 4.96. The van der Waals surface area contributed by atoms with E-state index in [1.165, 1.54) is 22.4 Å². The zero-order valence-corrected chi connectivity index (χ0v) is 21.4. The third-order valence-corrected chi connectivity index (χ3v) is 7.28. The summed E-state index contributed by atoms with van der Waals surface area (Å²) in [6, 6.07) is 27.7. The van der Waals surface area contributed by atoms with Crippen LogP contribution >= 0.6 is 0 Å². The van der Waals surface area contributed by atoms with E-state index in [1.807, 2.05) is 44.2 Å². The van der Waals surface area contributed by atoms with Gasteiger partial charge in [-0.1, -0.05) is 72.3 Å². The molecule has 1 heterocycles. The van der Waals surface area contributed by atoms with Gasteiger partial charge in [-0.3, -0.25) is 9.69 Å². The molecular formula is C31H38N2O2. The molecule has 0 spiro atoms. The molecule has 3 aromatic rings. The number of hydrogen-bond acceptors (Lipinski definition) is 4. The van der Waals surface area contributed by atoms with Crippen LogP contribution in [0.25, 0.3) is 11.1 Å². The van der Waals surface area contributed by atoms with Crippen molar-refractivity contribution in [2.24, 2.45) is 0 Å². The Morgan fingerprint density at radius 1 is 0.857 bits per heavy atom. The number of piperazine rings is 1. The van der Waals surface area contributed by atoms with Gasteiger partial charge in [0.15, 0.2) is 0 Å². The minimum atomic E-state index is -0.599. The number of ether oxygens (including phenoxy) is 1. The molecule has 0 saturated carbocycles. The quantitative estimate of drug-likeness (QED) is 0.355. The maximum Gasteiger partial charge on any atom is 0.316 e. The molecular weight excluding hydrogens is 432 g/mol. The maximum absolute atomic E-state index is 12.8. The molecule has 0 aliphatic carbocycles. The van der Waals surface area contributed by atoms with Crippen molar-refractivity contribution in [1.29, 1.82) is 0 Å². The van der Waals surface area contributed by atoms with Gasteiger partial charge in [-0.2, -0.15) is 0 Å². The lowest BCUT2D eigenvalue weighted by Gasteiger charge is -2.37. The number of nitrogens with zero attached hydrogens (tertiary/aromatic N) is 2. The first kappa shape index (κ1) is 25.0. The highest BCUT2D eigenvalue weighted by molar-refractivity contribution is 5.82. The van der Waals surface area contributed by atoms with Crippen LogP contribution < -0.4 is 4.90 Å². The van der Waals surface area contributed by atoms with E-state index in [0.717, 1.165) is 51.1 Å². The van der Waals surface area contributed by atoms with E-state index in [0.29, 0.717) is 6.61 Å². The van der Waals surface area contributed by atoms with Crippen LogP contribution in [0.1, 0.15) is 37.8 Å². The first-order chi connectivity index (χ1) is 17.0. The van der Waals surface area contributed by atoms with Crippen molar-refractivity contribution < 1.29 is 9.53 Å². The monoisotopic (exact) mass is 470 g/mol. The third kappa shape index (κ3) is 6.12. The normalized spacial score (nSPS) is 16.0. The molecule has 4 rings (SSSR count). The summed E-state index contributed by atoms with van der Waals surface area (Å²) in [4.78, 5) is 17.8. The Bertz CT molecular complexity index is 1070. The molecule has 1 aliphatic heterocycles. The largest absolute Gasteiger partial charge is 0.465 e. The van der Waals surface area contributed by atoms with E-state index >= 15 is 0 Å². The zero-order valence-electron chi connectivity index (χ0n) is 21.4.